The summed E-state index contributed by atoms with van der Waals surface area (Å²) in [5.74, 6) is 0.104. The molecule has 0 atom stereocenters. The molecule has 0 fully saturated rings. The lowest BCUT2D eigenvalue weighted by molar-refractivity contribution is -0.121. The zero-order chi connectivity index (χ0) is 11.9. The summed E-state index contributed by atoms with van der Waals surface area (Å²) in [5.41, 5.74) is 5.45. The van der Waals surface area contributed by atoms with E-state index in [1.165, 1.54) is 0 Å². The van der Waals surface area contributed by atoms with E-state index in [4.69, 9.17) is 5.73 Å². The van der Waals surface area contributed by atoms with Gasteiger partial charge >= 0.3 is 0 Å². The number of nitrogens with one attached hydrogen (secondary N) is 1. The van der Waals surface area contributed by atoms with Crippen LogP contribution in [-0.2, 0) is 4.79 Å². The summed E-state index contributed by atoms with van der Waals surface area (Å²) in [5, 5.41) is 2.94. The van der Waals surface area contributed by atoms with E-state index in [0.29, 0.717) is 19.5 Å². The zero-order valence-corrected chi connectivity index (χ0v) is 12.9. The van der Waals surface area contributed by atoms with Gasteiger partial charge in [-0.15, -0.1) is 24.8 Å². The topological polar surface area (TPSA) is 58.4 Å². The molecule has 0 saturated heterocycles. The Balaban J connectivity index is -0.000000980. The molecule has 0 aliphatic carbocycles. The van der Waals surface area contributed by atoms with Crippen LogP contribution in [0.25, 0.3) is 0 Å². The molecule has 17 heavy (non-hydrogen) atoms. The van der Waals surface area contributed by atoms with Gasteiger partial charge in [0.05, 0.1) is 0 Å². The quantitative estimate of drug-likeness (QED) is 0.742. The summed E-state index contributed by atoms with van der Waals surface area (Å²) >= 11 is 0. The molecular weight excluding hydrogens is 261 g/mol. The van der Waals surface area contributed by atoms with Gasteiger partial charge in [0, 0.05) is 19.5 Å². The fourth-order valence-electron chi connectivity index (χ4n) is 1.60. The van der Waals surface area contributed by atoms with Crippen LogP contribution < -0.4 is 11.1 Å². The molecule has 0 aliphatic heterocycles. The van der Waals surface area contributed by atoms with Crippen molar-refractivity contribution in [2.24, 2.45) is 11.1 Å². The summed E-state index contributed by atoms with van der Waals surface area (Å²) in [4.78, 5) is 13.5. The average molecular weight is 288 g/mol. The molecular formula is C11H27Cl2N3O. The summed E-state index contributed by atoms with van der Waals surface area (Å²) in [7, 11) is 4.08. The Morgan fingerprint density at radius 3 is 2.24 bits per heavy atom. The SMILES string of the molecule is CN(C)CC(C)(C)CNC(=O)CCCN.Cl.Cl. The molecule has 0 aromatic rings. The van der Waals surface area contributed by atoms with Crippen molar-refractivity contribution in [2.45, 2.75) is 26.7 Å². The Morgan fingerprint density at radius 2 is 1.82 bits per heavy atom. The van der Waals surface area contributed by atoms with Crippen LogP contribution in [0.4, 0.5) is 0 Å². The smallest absolute Gasteiger partial charge is 0.220 e. The first-order chi connectivity index (χ1) is 6.87. The van der Waals surface area contributed by atoms with Crippen LogP contribution >= 0.6 is 24.8 Å². The minimum atomic E-state index is 0. The highest BCUT2D eigenvalue weighted by Gasteiger charge is 2.19. The molecule has 0 saturated carbocycles. The van der Waals surface area contributed by atoms with Gasteiger partial charge in [-0.3, -0.25) is 4.79 Å². The van der Waals surface area contributed by atoms with E-state index in [2.05, 4.69) is 24.1 Å². The molecule has 4 nitrogen and oxygen atoms in total. The fourth-order valence-corrected chi connectivity index (χ4v) is 1.60. The number of rotatable bonds is 7. The van der Waals surface area contributed by atoms with E-state index in [1.807, 2.05) is 14.1 Å². The number of carbonyl (C=O) groups excluding carboxylic acids is 1. The monoisotopic (exact) mass is 287 g/mol. The molecule has 1 amide bonds. The van der Waals surface area contributed by atoms with Crippen molar-refractivity contribution in [2.75, 3.05) is 33.7 Å². The van der Waals surface area contributed by atoms with E-state index in [1.54, 1.807) is 0 Å². The number of nitrogens with two attached hydrogens (primary N) is 1. The molecule has 106 valence electrons. The molecule has 0 aromatic heterocycles. The van der Waals surface area contributed by atoms with Gasteiger partial charge in [-0.25, -0.2) is 0 Å². The van der Waals surface area contributed by atoms with Crippen LogP contribution in [-0.4, -0.2) is 44.5 Å². The van der Waals surface area contributed by atoms with Gasteiger partial charge in [0.15, 0.2) is 0 Å². The van der Waals surface area contributed by atoms with Crippen molar-refractivity contribution in [3.8, 4) is 0 Å². The molecule has 6 heteroatoms. The lowest BCUT2D eigenvalue weighted by Crippen LogP contribution is -2.40. The summed E-state index contributed by atoms with van der Waals surface area (Å²) in [6.45, 7) is 6.56. The van der Waals surface area contributed by atoms with E-state index >= 15 is 0 Å². The Kier molecular flexibility index (Phi) is 14.5. The number of nitrogens with zero attached hydrogens (tertiary/aromatic N) is 1. The summed E-state index contributed by atoms with van der Waals surface area (Å²) < 4.78 is 0. The van der Waals surface area contributed by atoms with Crippen molar-refractivity contribution >= 4 is 30.7 Å². The lowest BCUT2D eigenvalue weighted by atomic mass is 9.93. The first-order valence-corrected chi connectivity index (χ1v) is 5.49. The maximum Gasteiger partial charge on any atom is 0.220 e. The highest BCUT2D eigenvalue weighted by Crippen LogP contribution is 2.14. The normalized spacial score (nSPS) is 10.5. The third-order valence-corrected chi connectivity index (χ3v) is 2.12. The Morgan fingerprint density at radius 1 is 1.29 bits per heavy atom. The molecule has 0 aromatic carbocycles. The van der Waals surface area contributed by atoms with Gasteiger partial charge in [0.2, 0.25) is 5.91 Å². The molecule has 0 aliphatic rings. The van der Waals surface area contributed by atoms with Crippen molar-refractivity contribution < 1.29 is 4.79 Å². The predicted octanol–water partition coefficient (Wildman–Crippen LogP) is 1.27. The molecule has 0 spiro atoms. The molecule has 0 heterocycles. The molecule has 0 bridgehead atoms. The van der Waals surface area contributed by atoms with Gasteiger partial charge < -0.3 is 16.0 Å². The van der Waals surface area contributed by atoms with Crippen LogP contribution in [0.2, 0.25) is 0 Å². The number of amides is 1. The number of hydrogen-bond donors (Lipinski definition) is 2. The maximum atomic E-state index is 11.4. The standard InChI is InChI=1S/C11H25N3O.2ClH/c1-11(2,9-14(3)4)8-13-10(15)6-5-7-12;;/h5-9,12H2,1-4H3,(H,13,15);2*1H. The number of carbonyl (C=O) groups is 1. The zero-order valence-electron chi connectivity index (χ0n) is 11.3. The molecule has 0 radical (unpaired) electrons. The van der Waals surface area contributed by atoms with Crippen molar-refractivity contribution in [3.63, 3.8) is 0 Å². The van der Waals surface area contributed by atoms with Gasteiger partial charge in [-0.1, -0.05) is 13.8 Å². The van der Waals surface area contributed by atoms with E-state index in [9.17, 15) is 4.79 Å². The minimum Gasteiger partial charge on any atom is -0.356 e. The molecule has 0 rings (SSSR count). The highest BCUT2D eigenvalue weighted by molar-refractivity contribution is 5.85. The Hall–Kier alpha value is -0.0300. The third-order valence-electron chi connectivity index (χ3n) is 2.12. The molecule has 3 N–H and O–H groups in total. The van der Waals surface area contributed by atoms with Gasteiger partial charge in [-0.2, -0.15) is 0 Å². The van der Waals surface area contributed by atoms with Crippen molar-refractivity contribution in [1.82, 2.24) is 10.2 Å². The largest absolute Gasteiger partial charge is 0.356 e. The number of halogens is 2. The second kappa shape index (κ2) is 11.1. The van der Waals surface area contributed by atoms with Crippen LogP contribution in [0.1, 0.15) is 26.7 Å². The number of hydrogen-bond acceptors (Lipinski definition) is 3. The first-order valence-electron chi connectivity index (χ1n) is 5.49. The van der Waals surface area contributed by atoms with Gasteiger partial charge in [0.1, 0.15) is 0 Å². The van der Waals surface area contributed by atoms with E-state index in [0.717, 1.165) is 13.0 Å². The van der Waals surface area contributed by atoms with Crippen LogP contribution in [0.3, 0.4) is 0 Å². The highest BCUT2D eigenvalue weighted by atomic mass is 35.5. The van der Waals surface area contributed by atoms with E-state index in [-0.39, 0.29) is 36.1 Å². The summed E-state index contributed by atoms with van der Waals surface area (Å²) in [6, 6.07) is 0. The van der Waals surface area contributed by atoms with Gasteiger partial charge in [-0.05, 0) is 32.5 Å². The minimum absolute atomic E-state index is 0. The van der Waals surface area contributed by atoms with Crippen molar-refractivity contribution in [3.05, 3.63) is 0 Å². The fraction of sp³-hybridized carbons (Fsp3) is 0.909. The third kappa shape index (κ3) is 13.9. The lowest BCUT2D eigenvalue weighted by Gasteiger charge is -2.28. The molecule has 0 unspecified atom stereocenters. The first kappa shape index (κ1) is 22.2. The Bertz CT molecular complexity index is 199. The predicted molar refractivity (Wildman–Crippen MR) is 78.1 cm³/mol. The Labute approximate surface area is 118 Å². The van der Waals surface area contributed by atoms with Crippen LogP contribution in [0, 0.1) is 5.41 Å². The average Bonchev–Trinajstić information content (AvgIpc) is 2.09. The van der Waals surface area contributed by atoms with Crippen LogP contribution in [0.5, 0.6) is 0 Å². The summed E-state index contributed by atoms with van der Waals surface area (Å²) in [6.07, 6.45) is 1.30. The van der Waals surface area contributed by atoms with Crippen LogP contribution in [0.15, 0.2) is 0 Å². The second-order valence-corrected chi connectivity index (χ2v) is 5.07. The van der Waals surface area contributed by atoms with E-state index < -0.39 is 0 Å². The van der Waals surface area contributed by atoms with Crippen molar-refractivity contribution in [1.29, 1.82) is 0 Å². The maximum absolute atomic E-state index is 11.4. The second-order valence-electron chi connectivity index (χ2n) is 5.07. The van der Waals surface area contributed by atoms with Gasteiger partial charge in [0.25, 0.3) is 0 Å².